The Bertz CT molecular complexity index is 1120. The minimum atomic E-state index is -0.724. The molecule has 0 bridgehead atoms. The third kappa shape index (κ3) is 4.90. The van der Waals surface area contributed by atoms with Crippen molar-refractivity contribution in [3.63, 3.8) is 0 Å². The van der Waals surface area contributed by atoms with E-state index >= 15 is 0 Å². The average Bonchev–Trinajstić information content (AvgIpc) is 2.84. The molecule has 3 nitrogen and oxygen atoms in total. The van der Waals surface area contributed by atoms with Crippen molar-refractivity contribution in [2.45, 2.75) is 19.0 Å². The fraction of sp³-hybridized carbons (Fsp3) is 0.107. The van der Waals surface area contributed by atoms with Crippen LogP contribution in [0.4, 0.5) is 0 Å². The summed E-state index contributed by atoms with van der Waals surface area (Å²) in [5, 5.41) is 3.16. The van der Waals surface area contributed by atoms with E-state index in [0.29, 0.717) is 0 Å². The molecule has 0 aliphatic heterocycles. The molecule has 0 saturated carbocycles. The van der Waals surface area contributed by atoms with E-state index in [9.17, 15) is 4.79 Å². The van der Waals surface area contributed by atoms with Crippen molar-refractivity contribution in [1.82, 2.24) is 5.32 Å². The lowest BCUT2D eigenvalue weighted by Gasteiger charge is -2.23. The maximum Gasteiger partial charge on any atom is 0.242 e. The molecule has 4 rings (SSSR count). The standard InChI is InChI=1S/C28H26N2O/c1-20-12-14-24(15-13-20)27(30-28(31)26(29)23-10-6-3-7-11-23)25-18-16-22(17-19-25)21-8-4-2-5-9-21/h2-19,26-27H,29H2,1H3,(H,30,31). The van der Waals surface area contributed by atoms with Crippen LogP contribution >= 0.6 is 0 Å². The molecule has 0 spiro atoms. The van der Waals surface area contributed by atoms with E-state index in [1.165, 1.54) is 5.56 Å². The van der Waals surface area contributed by atoms with Gasteiger partial charge >= 0.3 is 0 Å². The molecule has 154 valence electrons. The number of benzene rings is 4. The topological polar surface area (TPSA) is 55.1 Å². The van der Waals surface area contributed by atoms with Crippen LogP contribution in [0, 0.1) is 6.92 Å². The summed E-state index contributed by atoms with van der Waals surface area (Å²) in [6.07, 6.45) is 0. The van der Waals surface area contributed by atoms with Gasteiger partial charge in [0.15, 0.2) is 0 Å². The van der Waals surface area contributed by atoms with Gasteiger partial charge in [0.1, 0.15) is 6.04 Å². The smallest absolute Gasteiger partial charge is 0.242 e. The summed E-state index contributed by atoms with van der Waals surface area (Å²) in [7, 11) is 0. The zero-order chi connectivity index (χ0) is 21.6. The average molecular weight is 407 g/mol. The van der Waals surface area contributed by atoms with Crippen LogP contribution in [-0.2, 0) is 4.79 Å². The highest BCUT2D eigenvalue weighted by atomic mass is 16.2. The van der Waals surface area contributed by atoms with Crippen LogP contribution in [0.15, 0.2) is 109 Å². The van der Waals surface area contributed by atoms with Gasteiger partial charge in [0, 0.05) is 0 Å². The SMILES string of the molecule is Cc1ccc(C(NC(=O)C(N)c2ccccc2)c2ccc(-c3ccccc3)cc2)cc1. The Labute approximate surface area is 183 Å². The van der Waals surface area contributed by atoms with Gasteiger partial charge in [-0.05, 0) is 34.7 Å². The first-order chi connectivity index (χ1) is 15.1. The number of carbonyl (C=O) groups is 1. The summed E-state index contributed by atoms with van der Waals surface area (Å²) in [5.74, 6) is -0.205. The number of amides is 1. The summed E-state index contributed by atoms with van der Waals surface area (Å²) >= 11 is 0. The van der Waals surface area contributed by atoms with E-state index in [1.807, 2.05) is 48.5 Å². The lowest BCUT2D eigenvalue weighted by molar-refractivity contribution is -0.123. The predicted octanol–water partition coefficient (Wildman–Crippen LogP) is 5.57. The second kappa shape index (κ2) is 9.41. The van der Waals surface area contributed by atoms with Crippen molar-refractivity contribution >= 4 is 5.91 Å². The molecule has 0 saturated heterocycles. The molecule has 0 aromatic heterocycles. The molecular weight excluding hydrogens is 380 g/mol. The van der Waals surface area contributed by atoms with Crippen molar-refractivity contribution < 1.29 is 4.79 Å². The molecular formula is C28H26N2O. The molecule has 0 aliphatic rings. The molecule has 2 atom stereocenters. The highest BCUT2D eigenvalue weighted by Crippen LogP contribution is 2.27. The van der Waals surface area contributed by atoms with Crippen molar-refractivity contribution in [1.29, 1.82) is 0 Å². The van der Waals surface area contributed by atoms with Crippen molar-refractivity contribution in [3.8, 4) is 11.1 Å². The lowest BCUT2D eigenvalue weighted by Crippen LogP contribution is -2.37. The van der Waals surface area contributed by atoms with E-state index in [2.05, 4.69) is 72.9 Å². The molecule has 0 aliphatic carbocycles. The normalized spacial score (nSPS) is 12.7. The molecule has 4 aromatic rings. The highest BCUT2D eigenvalue weighted by molar-refractivity contribution is 5.83. The van der Waals surface area contributed by atoms with E-state index < -0.39 is 6.04 Å². The maximum atomic E-state index is 13.0. The number of rotatable bonds is 6. The summed E-state index contributed by atoms with van der Waals surface area (Å²) < 4.78 is 0. The molecule has 2 unspecified atom stereocenters. The Morgan fingerprint density at radius 1 is 0.645 bits per heavy atom. The Balaban J connectivity index is 1.63. The first-order valence-electron chi connectivity index (χ1n) is 10.4. The number of hydrogen-bond acceptors (Lipinski definition) is 2. The Kier molecular flexibility index (Phi) is 6.25. The largest absolute Gasteiger partial charge is 0.344 e. The molecule has 4 aromatic carbocycles. The van der Waals surface area contributed by atoms with Gasteiger partial charge in [-0.2, -0.15) is 0 Å². The molecule has 1 amide bonds. The van der Waals surface area contributed by atoms with Crippen LogP contribution in [0.3, 0.4) is 0 Å². The first-order valence-corrected chi connectivity index (χ1v) is 10.4. The molecule has 0 heterocycles. The van der Waals surface area contributed by atoms with Gasteiger partial charge in [0.25, 0.3) is 0 Å². The quantitative estimate of drug-likeness (QED) is 0.440. The minimum Gasteiger partial charge on any atom is -0.344 e. The van der Waals surface area contributed by atoms with Crippen molar-refractivity contribution in [3.05, 3.63) is 131 Å². The predicted molar refractivity (Wildman–Crippen MR) is 126 cm³/mol. The van der Waals surface area contributed by atoms with Gasteiger partial charge in [-0.25, -0.2) is 0 Å². The van der Waals surface area contributed by atoms with E-state index in [4.69, 9.17) is 5.73 Å². The van der Waals surface area contributed by atoms with Gasteiger partial charge in [-0.1, -0.05) is 115 Å². The highest BCUT2D eigenvalue weighted by Gasteiger charge is 2.22. The van der Waals surface area contributed by atoms with Crippen LogP contribution in [-0.4, -0.2) is 5.91 Å². The fourth-order valence-electron chi connectivity index (χ4n) is 3.66. The zero-order valence-electron chi connectivity index (χ0n) is 17.5. The minimum absolute atomic E-state index is 0.205. The summed E-state index contributed by atoms with van der Waals surface area (Å²) in [5.41, 5.74) is 12.6. The number of nitrogens with one attached hydrogen (secondary N) is 1. The molecule has 0 fully saturated rings. The van der Waals surface area contributed by atoms with E-state index in [0.717, 1.165) is 27.8 Å². The molecule has 31 heavy (non-hydrogen) atoms. The van der Waals surface area contributed by atoms with Crippen LogP contribution in [0.1, 0.15) is 34.3 Å². The lowest BCUT2D eigenvalue weighted by atomic mass is 9.95. The van der Waals surface area contributed by atoms with Gasteiger partial charge in [0.05, 0.1) is 6.04 Å². The summed E-state index contributed by atoms with van der Waals surface area (Å²) in [6, 6.07) is 35.2. The van der Waals surface area contributed by atoms with Crippen LogP contribution in [0.5, 0.6) is 0 Å². The molecule has 3 heteroatoms. The third-order valence-electron chi connectivity index (χ3n) is 5.49. The van der Waals surface area contributed by atoms with E-state index in [1.54, 1.807) is 0 Å². The maximum absolute atomic E-state index is 13.0. The third-order valence-corrected chi connectivity index (χ3v) is 5.49. The zero-order valence-corrected chi connectivity index (χ0v) is 17.5. The fourth-order valence-corrected chi connectivity index (χ4v) is 3.66. The monoisotopic (exact) mass is 406 g/mol. The number of hydrogen-bond donors (Lipinski definition) is 2. The number of nitrogens with two attached hydrogens (primary N) is 1. The Hall–Kier alpha value is -3.69. The Morgan fingerprint density at radius 2 is 1.13 bits per heavy atom. The van der Waals surface area contributed by atoms with Crippen LogP contribution < -0.4 is 11.1 Å². The first kappa shape index (κ1) is 20.6. The molecule has 3 N–H and O–H groups in total. The number of aryl methyl sites for hydroxylation is 1. The summed E-state index contributed by atoms with van der Waals surface area (Å²) in [4.78, 5) is 13.0. The second-order valence-electron chi connectivity index (χ2n) is 7.73. The van der Waals surface area contributed by atoms with Gasteiger partial charge in [-0.3, -0.25) is 4.79 Å². The molecule has 0 radical (unpaired) electrons. The van der Waals surface area contributed by atoms with Crippen molar-refractivity contribution in [2.24, 2.45) is 5.73 Å². The Morgan fingerprint density at radius 3 is 1.71 bits per heavy atom. The van der Waals surface area contributed by atoms with Gasteiger partial charge in [-0.15, -0.1) is 0 Å². The second-order valence-corrected chi connectivity index (χ2v) is 7.73. The van der Waals surface area contributed by atoms with Gasteiger partial charge < -0.3 is 11.1 Å². The van der Waals surface area contributed by atoms with Crippen LogP contribution in [0.25, 0.3) is 11.1 Å². The van der Waals surface area contributed by atoms with Gasteiger partial charge in [0.2, 0.25) is 5.91 Å². The summed E-state index contributed by atoms with van der Waals surface area (Å²) in [6.45, 7) is 2.05. The van der Waals surface area contributed by atoms with E-state index in [-0.39, 0.29) is 11.9 Å². The van der Waals surface area contributed by atoms with Crippen LogP contribution in [0.2, 0.25) is 0 Å². The number of carbonyl (C=O) groups excluding carboxylic acids is 1. The van der Waals surface area contributed by atoms with Crippen molar-refractivity contribution in [2.75, 3.05) is 0 Å².